The highest BCUT2D eigenvalue weighted by Crippen LogP contribution is 2.24. The Bertz CT molecular complexity index is 637. The van der Waals surface area contributed by atoms with E-state index in [1.165, 1.54) is 22.5 Å². The van der Waals surface area contributed by atoms with Gasteiger partial charge in [-0.1, -0.05) is 18.2 Å². The van der Waals surface area contributed by atoms with Gasteiger partial charge in [0.05, 0.1) is 7.11 Å². The van der Waals surface area contributed by atoms with E-state index in [-0.39, 0.29) is 5.91 Å². The SMILES string of the molecule is COc1ccsc1C(=O)NCc1ccc2c(c1)CNC2. The monoisotopic (exact) mass is 288 g/mol. The summed E-state index contributed by atoms with van der Waals surface area (Å²) in [5.41, 5.74) is 3.79. The molecular formula is C15H16N2O2S. The van der Waals surface area contributed by atoms with E-state index in [4.69, 9.17) is 4.74 Å². The Labute approximate surface area is 121 Å². The van der Waals surface area contributed by atoms with Crippen molar-refractivity contribution < 1.29 is 9.53 Å². The average Bonchev–Trinajstić information content (AvgIpc) is 3.12. The minimum atomic E-state index is -0.0875. The van der Waals surface area contributed by atoms with Gasteiger partial charge in [0.1, 0.15) is 10.6 Å². The van der Waals surface area contributed by atoms with Crippen molar-refractivity contribution in [1.82, 2.24) is 10.6 Å². The Morgan fingerprint density at radius 1 is 1.35 bits per heavy atom. The van der Waals surface area contributed by atoms with Gasteiger partial charge in [-0.05, 0) is 28.1 Å². The highest BCUT2D eigenvalue weighted by Gasteiger charge is 2.14. The zero-order valence-corrected chi connectivity index (χ0v) is 12.0. The van der Waals surface area contributed by atoms with Crippen molar-refractivity contribution in [2.24, 2.45) is 0 Å². The number of fused-ring (bicyclic) bond motifs is 1. The van der Waals surface area contributed by atoms with Crippen molar-refractivity contribution in [3.8, 4) is 5.75 Å². The lowest BCUT2D eigenvalue weighted by atomic mass is 10.1. The number of nitrogens with one attached hydrogen (secondary N) is 2. The summed E-state index contributed by atoms with van der Waals surface area (Å²) in [6, 6.07) is 8.15. The quantitative estimate of drug-likeness (QED) is 0.907. The highest BCUT2D eigenvalue weighted by molar-refractivity contribution is 7.12. The van der Waals surface area contributed by atoms with Gasteiger partial charge in [-0.25, -0.2) is 0 Å². The molecule has 2 heterocycles. The first-order valence-electron chi connectivity index (χ1n) is 6.49. The second kappa shape index (κ2) is 5.64. The molecule has 1 aliphatic heterocycles. The average molecular weight is 288 g/mol. The number of hydrogen-bond acceptors (Lipinski definition) is 4. The maximum absolute atomic E-state index is 12.1. The van der Waals surface area contributed by atoms with Crippen LogP contribution in [0.2, 0.25) is 0 Å². The van der Waals surface area contributed by atoms with Crippen molar-refractivity contribution in [3.05, 3.63) is 51.2 Å². The molecule has 0 bridgehead atoms. The molecule has 0 saturated heterocycles. The fourth-order valence-electron chi connectivity index (χ4n) is 2.34. The minimum absolute atomic E-state index is 0.0875. The van der Waals surface area contributed by atoms with E-state index in [1.807, 2.05) is 5.38 Å². The molecule has 5 heteroatoms. The molecule has 104 valence electrons. The first kappa shape index (κ1) is 13.1. The van der Waals surface area contributed by atoms with Gasteiger partial charge in [0.25, 0.3) is 5.91 Å². The summed E-state index contributed by atoms with van der Waals surface area (Å²) >= 11 is 1.39. The third-order valence-electron chi connectivity index (χ3n) is 3.41. The number of carbonyl (C=O) groups is 1. The molecule has 0 aliphatic carbocycles. The van der Waals surface area contributed by atoms with Gasteiger partial charge in [0, 0.05) is 19.6 Å². The molecule has 1 amide bonds. The largest absolute Gasteiger partial charge is 0.495 e. The van der Waals surface area contributed by atoms with Crippen LogP contribution in [0.1, 0.15) is 26.4 Å². The summed E-state index contributed by atoms with van der Waals surface area (Å²) < 4.78 is 5.16. The van der Waals surface area contributed by atoms with Crippen molar-refractivity contribution in [2.45, 2.75) is 19.6 Å². The van der Waals surface area contributed by atoms with Crippen LogP contribution in [-0.2, 0) is 19.6 Å². The maximum atomic E-state index is 12.1. The Kier molecular flexibility index (Phi) is 3.71. The number of ether oxygens (including phenoxy) is 1. The Morgan fingerprint density at radius 2 is 2.20 bits per heavy atom. The summed E-state index contributed by atoms with van der Waals surface area (Å²) in [7, 11) is 1.58. The predicted octanol–water partition coefficient (Wildman–Crippen LogP) is 2.29. The number of carbonyl (C=O) groups excluding carboxylic acids is 1. The lowest BCUT2D eigenvalue weighted by Crippen LogP contribution is -2.22. The standard InChI is InChI=1S/C15H16N2O2S/c1-19-13-4-5-20-14(13)15(18)17-7-10-2-3-11-8-16-9-12(11)6-10/h2-6,16H,7-9H2,1H3,(H,17,18). The third kappa shape index (κ3) is 2.55. The van der Waals surface area contributed by atoms with E-state index >= 15 is 0 Å². The number of methoxy groups -OCH3 is 1. The number of hydrogen-bond donors (Lipinski definition) is 2. The van der Waals surface area contributed by atoms with E-state index < -0.39 is 0 Å². The van der Waals surface area contributed by atoms with E-state index in [2.05, 4.69) is 28.8 Å². The van der Waals surface area contributed by atoms with Gasteiger partial charge in [-0.3, -0.25) is 4.79 Å². The topological polar surface area (TPSA) is 50.4 Å². The third-order valence-corrected chi connectivity index (χ3v) is 4.30. The number of rotatable bonds is 4. The highest BCUT2D eigenvalue weighted by atomic mass is 32.1. The molecule has 20 heavy (non-hydrogen) atoms. The van der Waals surface area contributed by atoms with E-state index in [0.717, 1.165) is 18.7 Å². The van der Waals surface area contributed by atoms with E-state index in [1.54, 1.807) is 13.2 Å². The van der Waals surface area contributed by atoms with E-state index in [9.17, 15) is 4.79 Å². The van der Waals surface area contributed by atoms with Gasteiger partial charge in [0.2, 0.25) is 0 Å². The summed E-state index contributed by atoms with van der Waals surface area (Å²) in [6.07, 6.45) is 0. The van der Waals surface area contributed by atoms with Gasteiger partial charge < -0.3 is 15.4 Å². The molecular weight excluding hydrogens is 272 g/mol. The second-order valence-corrected chi connectivity index (χ2v) is 5.62. The maximum Gasteiger partial charge on any atom is 0.265 e. The molecule has 0 atom stereocenters. The zero-order valence-electron chi connectivity index (χ0n) is 11.2. The van der Waals surface area contributed by atoms with Crippen LogP contribution in [0.25, 0.3) is 0 Å². The van der Waals surface area contributed by atoms with Crippen LogP contribution < -0.4 is 15.4 Å². The number of benzene rings is 1. The van der Waals surface area contributed by atoms with Gasteiger partial charge in [0.15, 0.2) is 0 Å². The first-order valence-corrected chi connectivity index (χ1v) is 7.37. The summed E-state index contributed by atoms with van der Waals surface area (Å²) in [5.74, 6) is 0.543. The molecule has 1 aliphatic rings. The number of thiophene rings is 1. The smallest absolute Gasteiger partial charge is 0.265 e. The predicted molar refractivity (Wildman–Crippen MR) is 79.0 cm³/mol. The van der Waals surface area contributed by atoms with Crippen LogP contribution in [0.5, 0.6) is 5.75 Å². The van der Waals surface area contributed by atoms with Crippen LogP contribution in [-0.4, -0.2) is 13.0 Å². The van der Waals surface area contributed by atoms with Crippen molar-refractivity contribution in [2.75, 3.05) is 7.11 Å². The Morgan fingerprint density at radius 3 is 3.05 bits per heavy atom. The van der Waals surface area contributed by atoms with Gasteiger partial charge in [-0.2, -0.15) is 0 Å². The summed E-state index contributed by atoms with van der Waals surface area (Å²) in [4.78, 5) is 12.7. The minimum Gasteiger partial charge on any atom is -0.495 e. The molecule has 0 fully saturated rings. The van der Waals surface area contributed by atoms with Crippen molar-refractivity contribution >= 4 is 17.2 Å². The zero-order chi connectivity index (χ0) is 13.9. The van der Waals surface area contributed by atoms with Crippen LogP contribution in [0.4, 0.5) is 0 Å². The van der Waals surface area contributed by atoms with Gasteiger partial charge in [-0.15, -0.1) is 11.3 Å². The second-order valence-electron chi connectivity index (χ2n) is 4.71. The van der Waals surface area contributed by atoms with Crippen molar-refractivity contribution in [1.29, 1.82) is 0 Å². The molecule has 0 unspecified atom stereocenters. The van der Waals surface area contributed by atoms with Crippen LogP contribution in [0, 0.1) is 0 Å². The summed E-state index contributed by atoms with van der Waals surface area (Å²) in [6.45, 7) is 2.39. The molecule has 0 saturated carbocycles. The van der Waals surface area contributed by atoms with Crippen molar-refractivity contribution in [3.63, 3.8) is 0 Å². The lowest BCUT2D eigenvalue weighted by molar-refractivity contribution is 0.0952. The molecule has 3 rings (SSSR count). The van der Waals surface area contributed by atoms with Crippen LogP contribution in [0.3, 0.4) is 0 Å². The van der Waals surface area contributed by atoms with Gasteiger partial charge >= 0.3 is 0 Å². The molecule has 1 aromatic heterocycles. The normalized spacial score (nSPS) is 13.1. The molecule has 1 aromatic carbocycles. The molecule has 2 N–H and O–H groups in total. The first-order chi connectivity index (χ1) is 9.78. The fourth-order valence-corrected chi connectivity index (χ4v) is 3.12. The molecule has 0 spiro atoms. The molecule has 0 radical (unpaired) electrons. The Hall–Kier alpha value is -1.85. The number of amides is 1. The summed E-state index contributed by atoms with van der Waals surface area (Å²) in [5, 5.41) is 8.11. The fraction of sp³-hybridized carbons (Fsp3) is 0.267. The molecule has 4 nitrogen and oxygen atoms in total. The van der Waals surface area contributed by atoms with E-state index in [0.29, 0.717) is 17.2 Å². The lowest BCUT2D eigenvalue weighted by Gasteiger charge is -2.07. The van der Waals surface area contributed by atoms with Crippen LogP contribution in [0.15, 0.2) is 29.6 Å². The van der Waals surface area contributed by atoms with Crippen LogP contribution >= 0.6 is 11.3 Å². The molecule has 2 aromatic rings. The Balaban J connectivity index is 1.66.